The van der Waals surface area contributed by atoms with Gasteiger partial charge in [0.05, 0.1) is 25.5 Å². The van der Waals surface area contributed by atoms with Crippen molar-refractivity contribution >= 4 is 0 Å². The summed E-state index contributed by atoms with van der Waals surface area (Å²) < 4.78 is 21.1. The average Bonchev–Trinajstić information content (AvgIpc) is 3.43. The summed E-state index contributed by atoms with van der Waals surface area (Å²) in [6.07, 6.45) is 3.61. The summed E-state index contributed by atoms with van der Waals surface area (Å²) in [4.78, 5) is 2.38. The van der Waals surface area contributed by atoms with Gasteiger partial charge < -0.3 is 18.8 Å². The van der Waals surface area contributed by atoms with E-state index in [1.165, 1.54) is 0 Å². The zero-order valence-electron chi connectivity index (χ0n) is 16.8. The zero-order valence-corrected chi connectivity index (χ0v) is 16.8. The largest absolute Gasteiger partial charge is 0.454 e. The Morgan fingerprint density at radius 3 is 2.83 bits per heavy atom. The minimum absolute atomic E-state index is 0.0604. The Kier molecular flexibility index (Phi) is 4.48. The Morgan fingerprint density at radius 1 is 1.17 bits per heavy atom. The molecule has 29 heavy (non-hydrogen) atoms. The number of nitrogens with zero attached hydrogens (tertiary/aromatic N) is 6. The summed E-state index contributed by atoms with van der Waals surface area (Å²) in [6, 6.07) is 4.31. The fourth-order valence-electron chi connectivity index (χ4n) is 4.02. The summed E-state index contributed by atoms with van der Waals surface area (Å²) in [5.41, 5.74) is 4.32. The molecule has 9 heteroatoms. The van der Waals surface area contributed by atoms with Crippen molar-refractivity contribution in [2.45, 2.75) is 19.5 Å². The Morgan fingerprint density at radius 2 is 2.07 bits per heavy atom. The van der Waals surface area contributed by atoms with Crippen LogP contribution in [0.4, 0.5) is 0 Å². The van der Waals surface area contributed by atoms with Crippen molar-refractivity contribution in [3.8, 4) is 22.6 Å². The standard InChI is InChI=1S/C20H24N6O3/c1-13-16(8-22-25(13)3)15-6-14(7-18-19(15)29-12-28-18)9-26-4-5-27-10-17(26)20-23-21-11-24(20)2/h6-8,11,17H,4-5,9-10,12H2,1-3H3. The summed E-state index contributed by atoms with van der Waals surface area (Å²) in [5.74, 6) is 2.48. The highest BCUT2D eigenvalue weighted by Gasteiger charge is 2.29. The van der Waals surface area contributed by atoms with Crippen molar-refractivity contribution in [1.82, 2.24) is 29.4 Å². The second kappa shape index (κ2) is 7.16. The van der Waals surface area contributed by atoms with Crippen LogP contribution in [0.15, 0.2) is 24.7 Å². The van der Waals surface area contributed by atoms with Gasteiger partial charge in [-0.15, -0.1) is 10.2 Å². The molecule has 9 nitrogen and oxygen atoms in total. The summed E-state index contributed by atoms with van der Waals surface area (Å²) in [6.45, 7) is 5.18. The molecule has 2 aliphatic heterocycles. The minimum Gasteiger partial charge on any atom is -0.454 e. The van der Waals surface area contributed by atoms with Crippen LogP contribution in [0.1, 0.15) is 23.1 Å². The molecule has 1 fully saturated rings. The van der Waals surface area contributed by atoms with Crippen LogP contribution in [0.3, 0.4) is 0 Å². The molecule has 3 aromatic rings. The third kappa shape index (κ3) is 3.16. The fourth-order valence-corrected chi connectivity index (χ4v) is 4.02. The first kappa shape index (κ1) is 18.1. The maximum atomic E-state index is 5.77. The molecule has 0 radical (unpaired) electrons. The highest BCUT2D eigenvalue weighted by atomic mass is 16.7. The highest BCUT2D eigenvalue weighted by molar-refractivity contribution is 5.76. The number of benzene rings is 1. The summed E-state index contributed by atoms with van der Waals surface area (Å²) in [7, 11) is 3.91. The predicted octanol–water partition coefficient (Wildman–Crippen LogP) is 1.83. The van der Waals surface area contributed by atoms with Gasteiger partial charge in [-0.3, -0.25) is 9.58 Å². The molecule has 152 valence electrons. The number of rotatable bonds is 4. The van der Waals surface area contributed by atoms with Gasteiger partial charge in [-0.25, -0.2) is 0 Å². The monoisotopic (exact) mass is 396 g/mol. The molecular weight excluding hydrogens is 372 g/mol. The lowest BCUT2D eigenvalue weighted by molar-refractivity contribution is -0.0170. The van der Waals surface area contributed by atoms with Crippen LogP contribution < -0.4 is 9.47 Å². The van der Waals surface area contributed by atoms with Gasteiger partial charge in [-0.2, -0.15) is 5.10 Å². The van der Waals surface area contributed by atoms with Crippen molar-refractivity contribution in [1.29, 1.82) is 0 Å². The van der Waals surface area contributed by atoms with Crippen LogP contribution >= 0.6 is 0 Å². The molecular formula is C20H24N6O3. The van der Waals surface area contributed by atoms with Gasteiger partial charge in [0.25, 0.3) is 0 Å². The number of fused-ring (bicyclic) bond motifs is 1. The quantitative estimate of drug-likeness (QED) is 0.666. The van der Waals surface area contributed by atoms with Crippen LogP contribution in [-0.2, 0) is 25.4 Å². The van der Waals surface area contributed by atoms with Crippen LogP contribution in [0.25, 0.3) is 11.1 Å². The molecule has 0 spiro atoms. The fraction of sp³-hybridized carbons (Fsp3) is 0.450. The normalized spacial score (nSPS) is 19.1. The first-order valence-electron chi connectivity index (χ1n) is 9.69. The van der Waals surface area contributed by atoms with E-state index >= 15 is 0 Å². The van der Waals surface area contributed by atoms with E-state index in [4.69, 9.17) is 14.2 Å². The molecule has 0 aliphatic carbocycles. The first-order valence-corrected chi connectivity index (χ1v) is 9.69. The van der Waals surface area contributed by atoms with Crippen LogP contribution in [0.5, 0.6) is 11.5 Å². The lowest BCUT2D eigenvalue weighted by Crippen LogP contribution is -2.40. The van der Waals surface area contributed by atoms with Gasteiger partial charge in [0.1, 0.15) is 6.33 Å². The lowest BCUT2D eigenvalue weighted by atomic mass is 10.0. The molecule has 0 saturated carbocycles. The summed E-state index contributed by atoms with van der Waals surface area (Å²) in [5, 5.41) is 12.7. The predicted molar refractivity (Wildman–Crippen MR) is 104 cm³/mol. The molecule has 4 heterocycles. The van der Waals surface area contributed by atoms with E-state index in [2.05, 4.69) is 39.3 Å². The molecule has 1 saturated heterocycles. The Hall–Kier alpha value is -2.91. The molecule has 1 aromatic carbocycles. The number of aryl methyl sites for hydroxylation is 2. The second-order valence-electron chi connectivity index (χ2n) is 7.51. The molecule has 2 aliphatic rings. The van der Waals surface area contributed by atoms with Crippen molar-refractivity contribution in [3.63, 3.8) is 0 Å². The first-order chi connectivity index (χ1) is 14.1. The maximum absolute atomic E-state index is 5.77. The van der Waals surface area contributed by atoms with Crippen LogP contribution in [-0.4, -0.2) is 56.0 Å². The lowest BCUT2D eigenvalue weighted by Gasteiger charge is -2.34. The van der Waals surface area contributed by atoms with Crippen molar-refractivity contribution in [2.75, 3.05) is 26.6 Å². The number of ether oxygens (including phenoxy) is 3. The number of hydrogen-bond acceptors (Lipinski definition) is 7. The van der Waals surface area contributed by atoms with E-state index in [1.54, 1.807) is 6.33 Å². The molecule has 0 N–H and O–H groups in total. The van der Waals surface area contributed by atoms with Crippen molar-refractivity contribution < 1.29 is 14.2 Å². The number of aromatic nitrogens is 5. The Bertz CT molecular complexity index is 1040. The average molecular weight is 396 g/mol. The maximum Gasteiger partial charge on any atom is 0.231 e. The van der Waals surface area contributed by atoms with Crippen LogP contribution in [0.2, 0.25) is 0 Å². The Balaban J connectivity index is 1.50. The topological polar surface area (TPSA) is 79.5 Å². The van der Waals surface area contributed by atoms with Gasteiger partial charge in [0, 0.05) is 44.0 Å². The number of hydrogen-bond donors (Lipinski definition) is 0. The third-order valence-corrected chi connectivity index (χ3v) is 5.73. The molecule has 0 bridgehead atoms. The SMILES string of the molecule is Cc1c(-c2cc(CN3CCOCC3c3nncn3C)cc3c2OCO3)cnn1C. The van der Waals surface area contributed by atoms with E-state index in [9.17, 15) is 0 Å². The van der Waals surface area contributed by atoms with E-state index in [0.29, 0.717) is 13.2 Å². The molecule has 5 rings (SSSR count). The van der Waals surface area contributed by atoms with Crippen LogP contribution in [0, 0.1) is 6.92 Å². The molecule has 2 aromatic heterocycles. The Labute approximate surface area is 168 Å². The minimum atomic E-state index is 0.0604. The number of morpholine rings is 1. The van der Waals surface area contributed by atoms with E-state index in [1.807, 2.05) is 29.5 Å². The smallest absolute Gasteiger partial charge is 0.231 e. The van der Waals surface area contributed by atoms with Gasteiger partial charge in [0.15, 0.2) is 17.3 Å². The van der Waals surface area contributed by atoms with Gasteiger partial charge in [-0.1, -0.05) is 0 Å². The van der Waals surface area contributed by atoms with Crippen molar-refractivity contribution in [3.05, 3.63) is 41.7 Å². The van der Waals surface area contributed by atoms with Gasteiger partial charge >= 0.3 is 0 Å². The van der Waals surface area contributed by atoms with Gasteiger partial charge in [-0.05, 0) is 24.6 Å². The van der Waals surface area contributed by atoms with Crippen molar-refractivity contribution in [2.24, 2.45) is 14.1 Å². The summed E-state index contributed by atoms with van der Waals surface area (Å²) >= 11 is 0. The second-order valence-corrected chi connectivity index (χ2v) is 7.51. The molecule has 1 atom stereocenters. The molecule has 0 amide bonds. The highest BCUT2D eigenvalue weighted by Crippen LogP contribution is 2.43. The van der Waals surface area contributed by atoms with Gasteiger partial charge in [0.2, 0.25) is 6.79 Å². The zero-order chi connectivity index (χ0) is 20.0. The third-order valence-electron chi connectivity index (χ3n) is 5.73. The van der Waals surface area contributed by atoms with E-state index in [0.717, 1.165) is 52.8 Å². The van der Waals surface area contributed by atoms with E-state index in [-0.39, 0.29) is 12.8 Å². The molecule has 1 unspecified atom stereocenters. The van der Waals surface area contributed by atoms with E-state index < -0.39 is 0 Å².